The topological polar surface area (TPSA) is 79.4 Å². The van der Waals surface area contributed by atoms with E-state index in [1.165, 1.54) is 22.5 Å². The average Bonchev–Trinajstić information content (AvgIpc) is 3.01. The Morgan fingerprint density at radius 2 is 1.00 bits per heavy atom. The van der Waals surface area contributed by atoms with Crippen molar-refractivity contribution < 1.29 is 38.3 Å². The number of piperazine rings is 2. The van der Waals surface area contributed by atoms with Crippen LogP contribution in [0.3, 0.4) is 0 Å². The number of hydrogen-bond acceptors (Lipinski definition) is 8. The first kappa shape index (κ1) is 40.7. The quantitative estimate of drug-likeness (QED) is 0.273. The van der Waals surface area contributed by atoms with E-state index in [1.807, 2.05) is 6.92 Å². The first-order valence-electron chi connectivity index (χ1n) is 17.3. The van der Waals surface area contributed by atoms with Gasteiger partial charge in [-0.2, -0.15) is 0 Å². The van der Waals surface area contributed by atoms with Crippen LogP contribution in [-0.4, -0.2) is 93.8 Å². The fourth-order valence-electron chi connectivity index (χ4n) is 5.93. The van der Waals surface area contributed by atoms with Crippen molar-refractivity contribution in [2.75, 3.05) is 81.9 Å². The molecule has 0 N–H and O–H groups in total. The van der Waals surface area contributed by atoms with Crippen LogP contribution in [0.15, 0.2) is 48.5 Å². The van der Waals surface area contributed by atoms with E-state index in [-0.39, 0.29) is 42.1 Å². The number of rotatable bonds is 11. The molecule has 0 unspecified atom stereocenters. The monoisotopic (exact) mass is 642 g/mol. The third kappa shape index (κ3) is 14.3. The number of carbonyl (C=O) groups excluding carboxylic acids is 2. The molecule has 2 fully saturated rings. The number of esters is 1. The van der Waals surface area contributed by atoms with E-state index >= 15 is 0 Å². The minimum atomic E-state index is -0.947. The zero-order valence-corrected chi connectivity index (χ0v) is 30.6. The molecule has 0 bridgehead atoms. The molecule has 8 nitrogen and oxygen atoms in total. The van der Waals surface area contributed by atoms with Gasteiger partial charge in [0.1, 0.15) is 0 Å². The zero-order chi connectivity index (χ0) is 33.7. The number of hydrogen-bond donors (Lipinski definition) is 0. The molecule has 0 spiro atoms. The van der Waals surface area contributed by atoms with Crippen LogP contribution in [0.4, 0.5) is 11.4 Å². The van der Waals surface area contributed by atoms with Gasteiger partial charge in [-0.1, -0.05) is 65.8 Å². The van der Waals surface area contributed by atoms with E-state index in [9.17, 15) is 14.7 Å². The minimum absolute atomic E-state index is 0. The molecule has 0 aromatic heterocycles. The van der Waals surface area contributed by atoms with Crippen LogP contribution in [0, 0.1) is 0 Å². The van der Waals surface area contributed by atoms with Crippen molar-refractivity contribution in [3.05, 3.63) is 59.7 Å². The fraction of sp³-hybridized carbons (Fsp3) is 0.632. The number of carboxylic acid groups (broad SMARTS) is 1. The van der Waals surface area contributed by atoms with Crippen LogP contribution >= 0.6 is 0 Å². The molecule has 0 amide bonds. The van der Waals surface area contributed by atoms with Gasteiger partial charge in [0.2, 0.25) is 0 Å². The second-order valence-electron chi connectivity index (χ2n) is 14.6. The number of benzene rings is 2. The molecule has 9 heteroatoms. The van der Waals surface area contributed by atoms with Gasteiger partial charge in [-0.05, 0) is 85.5 Å². The molecule has 2 aromatic rings. The van der Waals surface area contributed by atoms with Crippen molar-refractivity contribution in [1.29, 1.82) is 0 Å². The fourth-order valence-corrected chi connectivity index (χ4v) is 5.93. The molecule has 0 radical (unpaired) electrons. The van der Waals surface area contributed by atoms with E-state index in [2.05, 4.69) is 110 Å². The average molecular weight is 643 g/mol. The Balaban J connectivity index is 0.000000321. The van der Waals surface area contributed by atoms with Gasteiger partial charge in [-0.15, -0.1) is 0 Å². The summed E-state index contributed by atoms with van der Waals surface area (Å²) < 4.78 is 4.97. The Morgan fingerprint density at radius 3 is 1.32 bits per heavy atom. The van der Waals surface area contributed by atoms with Crippen LogP contribution in [-0.2, 0) is 25.2 Å². The van der Waals surface area contributed by atoms with Crippen molar-refractivity contribution in [3.63, 3.8) is 0 Å². The Morgan fingerprint density at radius 1 is 0.638 bits per heavy atom. The smallest absolute Gasteiger partial charge is 0.550 e. The zero-order valence-electron chi connectivity index (χ0n) is 30.6. The molecule has 256 valence electrons. The van der Waals surface area contributed by atoms with Crippen LogP contribution in [0.1, 0.15) is 85.3 Å². The van der Waals surface area contributed by atoms with Gasteiger partial charge in [0.25, 0.3) is 0 Å². The normalized spacial score (nSPS) is 16.1. The van der Waals surface area contributed by atoms with Crippen molar-refractivity contribution >= 4 is 23.3 Å². The second kappa shape index (κ2) is 19.5. The van der Waals surface area contributed by atoms with Gasteiger partial charge >= 0.3 is 24.8 Å². The summed E-state index contributed by atoms with van der Waals surface area (Å²) in [4.78, 5) is 31.4. The third-order valence-electron chi connectivity index (χ3n) is 8.96. The van der Waals surface area contributed by atoms with E-state index in [4.69, 9.17) is 4.74 Å². The predicted molar refractivity (Wildman–Crippen MR) is 188 cm³/mol. The van der Waals surface area contributed by atoms with Crippen molar-refractivity contribution in [1.82, 2.24) is 9.80 Å². The summed E-state index contributed by atoms with van der Waals surface area (Å²) in [5.41, 5.74) is 5.73. The summed E-state index contributed by atoms with van der Waals surface area (Å²) in [7, 11) is 0. The van der Waals surface area contributed by atoms with Crippen LogP contribution < -0.4 is 33.8 Å². The number of anilines is 2. The Labute approximate surface area is 297 Å². The van der Waals surface area contributed by atoms with E-state index in [0.717, 1.165) is 71.9 Å². The van der Waals surface area contributed by atoms with Crippen molar-refractivity contribution in [2.24, 2.45) is 0 Å². The number of ether oxygens (including phenoxy) is 1. The summed E-state index contributed by atoms with van der Waals surface area (Å²) >= 11 is 0. The Kier molecular flexibility index (Phi) is 16.9. The summed E-state index contributed by atoms with van der Waals surface area (Å²) in [5, 5.41) is 10.4. The van der Waals surface area contributed by atoms with Gasteiger partial charge in [0.05, 0.1) is 6.61 Å². The predicted octanol–water partition coefficient (Wildman–Crippen LogP) is 2.09. The van der Waals surface area contributed by atoms with E-state index in [1.54, 1.807) is 0 Å². The number of carboxylic acids is 1. The summed E-state index contributed by atoms with van der Waals surface area (Å²) in [6.45, 7) is 25.8. The molecule has 47 heavy (non-hydrogen) atoms. The molecular weight excluding hydrogens is 583 g/mol. The molecule has 2 aliphatic rings. The summed E-state index contributed by atoms with van der Waals surface area (Å²) in [5.74, 6) is -1.02. The van der Waals surface area contributed by atoms with Gasteiger partial charge < -0.3 is 24.4 Å². The van der Waals surface area contributed by atoms with Crippen LogP contribution in [0.25, 0.3) is 0 Å². The first-order chi connectivity index (χ1) is 21.8. The maximum absolute atomic E-state index is 11.4. The van der Waals surface area contributed by atoms with Gasteiger partial charge in [-0.25, -0.2) is 0 Å². The molecule has 0 aliphatic carbocycles. The molecule has 2 aromatic carbocycles. The van der Waals surface area contributed by atoms with Crippen LogP contribution in [0.5, 0.6) is 0 Å². The Hall–Kier alpha value is -2.50. The Bertz CT molecular complexity index is 1190. The summed E-state index contributed by atoms with van der Waals surface area (Å²) in [6.07, 6.45) is 2.26. The molecule has 0 saturated carbocycles. The van der Waals surface area contributed by atoms with E-state index in [0.29, 0.717) is 19.4 Å². The number of aliphatic carboxylic acids is 1. The molecule has 2 heterocycles. The maximum atomic E-state index is 11.4. The molecule has 2 saturated heterocycles. The number of nitrogens with zero attached hydrogens (tertiary/aromatic N) is 4. The minimum Gasteiger partial charge on any atom is -0.550 e. The first-order valence-corrected chi connectivity index (χ1v) is 17.3. The molecule has 4 rings (SSSR count). The number of carbonyl (C=O) groups is 2. The van der Waals surface area contributed by atoms with Crippen LogP contribution in [0.2, 0.25) is 0 Å². The molecular formula is C38H59LiN4O4. The molecule has 2 aliphatic heterocycles. The molecule has 0 atom stereocenters. The SMILES string of the molecule is CC(C)(C)c1ccc(N2CCN(CCCC(=O)[O-])CC2)cc1.CCOC(=O)CCCN1CCN(c2ccc(C(C)(C)C)cc2)CC1.[Li+]. The van der Waals surface area contributed by atoms with Gasteiger partial charge in [-0.3, -0.25) is 14.6 Å². The maximum Gasteiger partial charge on any atom is 1.00 e. The second-order valence-corrected chi connectivity index (χ2v) is 14.6. The van der Waals surface area contributed by atoms with Crippen molar-refractivity contribution in [3.8, 4) is 0 Å². The van der Waals surface area contributed by atoms with Gasteiger partial charge in [0, 0.05) is 76.1 Å². The van der Waals surface area contributed by atoms with Crippen molar-refractivity contribution in [2.45, 2.75) is 85.0 Å². The standard InChI is InChI=1S/C20H32N2O2.C18H28N2O2.Li/c1-5-24-19(23)7-6-12-21-13-15-22(16-14-21)18-10-8-17(9-11-18)20(2,3)4;1-18(2,3)15-6-8-16(9-7-15)20-13-11-19(12-14-20)10-4-5-17(21)22;/h8-11H,5-7,12-16H2,1-4H3;6-9H,4-5,10-14H2,1-3H3,(H,21,22);/q;;+1/p-1. The van der Waals surface area contributed by atoms with E-state index < -0.39 is 5.97 Å². The van der Waals surface area contributed by atoms with Gasteiger partial charge in [0.15, 0.2) is 0 Å². The third-order valence-corrected chi connectivity index (χ3v) is 8.96. The summed E-state index contributed by atoms with van der Waals surface area (Å²) in [6, 6.07) is 17.9. The largest absolute Gasteiger partial charge is 1.00 e.